The number of rotatable bonds is 0. The van der Waals surface area contributed by atoms with E-state index in [0.29, 0.717) is 0 Å². The minimum atomic E-state index is 0.130. The van der Waals surface area contributed by atoms with Crippen LogP contribution in [0.4, 0.5) is 0 Å². The van der Waals surface area contributed by atoms with Crippen molar-refractivity contribution >= 4 is 5.78 Å². The van der Waals surface area contributed by atoms with Gasteiger partial charge < -0.3 is 5.32 Å². The van der Waals surface area contributed by atoms with Gasteiger partial charge in [0.05, 0.1) is 6.04 Å². The molecule has 1 N–H and O–H groups in total. The van der Waals surface area contributed by atoms with Crippen molar-refractivity contribution < 1.29 is 4.79 Å². The Morgan fingerprint density at radius 3 is 3.40 bits per heavy atom. The minimum absolute atomic E-state index is 0.130. The lowest BCUT2D eigenvalue weighted by Crippen LogP contribution is -2.39. The van der Waals surface area contributed by atoms with Gasteiger partial charge in [0.2, 0.25) is 0 Å². The van der Waals surface area contributed by atoms with Crippen molar-refractivity contribution in [3.63, 3.8) is 0 Å². The smallest absolute Gasteiger partial charge is 0.173 e. The van der Waals surface area contributed by atoms with Crippen LogP contribution in [-0.2, 0) is 4.79 Å². The summed E-state index contributed by atoms with van der Waals surface area (Å²) in [5.74, 6) is 0.247. The van der Waals surface area contributed by atoms with E-state index in [1.54, 1.807) is 6.08 Å². The van der Waals surface area contributed by atoms with Crippen LogP contribution in [-0.4, -0.2) is 36.5 Å². The first-order valence-electron chi connectivity index (χ1n) is 3.53. The standard InChI is InChI=1S/C7H10N2O/c10-7-2-1-3-9-5-8-4-6(7)9/h1-2,6,8H,3-5H2. The van der Waals surface area contributed by atoms with Crippen molar-refractivity contribution in [1.29, 1.82) is 0 Å². The van der Waals surface area contributed by atoms with Gasteiger partial charge in [-0.3, -0.25) is 9.69 Å². The van der Waals surface area contributed by atoms with E-state index >= 15 is 0 Å². The van der Waals surface area contributed by atoms with Crippen LogP contribution in [0.5, 0.6) is 0 Å². The molecule has 3 nitrogen and oxygen atoms in total. The monoisotopic (exact) mass is 138 g/mol. The van der Waals surface area contributed by atoms with E-state index < -0.39 is 0 Å². The maximum absolute atomic E-state index is 11.1. The fourth-order valence-electron chi connectivity index (χ4n) is 1.47. The topological polar surface area (TPSA) is 32.3 Å². The van der Waals surface area contributed by atoms with Crippen LogP contribution in [0.1, 0.15) is 0 Å². The number of nitrogens with zero attached hydrogens (tertiary/aromatic N) is 1. The lowest BCUT2D eigenvalue weighted by Gasteiger charge is -2.22. The van der Waals surface area contributed by atoms with Crippen LogP contribution in [0.15, 0.2) is 12.2 Å². The molecule has 0 radical (unpaired) electrons. The molecular weight excluding hydrogens is 128 g/mol. The van der Waals surface area contributed by atoms with Gasteiger partial charge in [0.25, 0.3) is 0 Å². The van der Waals surface area contributed by atoms with Crippen LogP contribution >= 0.6 is 0 Å². The average molecular weight is 138 g/mol. The first-order valence-corrected chi connectivity index (χ1v) is 3.53. The Kier molecular flexibility index (Phi) is 1.32. The zero-order valence-electron chi connectivity index (χ0n) is 5.71. The average Bonchev–Trinajstić information content (AvgIpc) is 2.36. The van der Waals surface area contributed by atoms with Crippen LogP contribution in [0, 0.1) is 0 Å². The summed E-state index contributed by atoms with van der Waals surface area (Å²) in [6, 6.07) is 0.130. The first-order chi connectivity index (χ1) is 4.88. The molecule has 2 aliphatic rings. The van der Waals surface area contributed by atoms with Gasteiger partial charge in [-0.15, -0.1) is 0 Å². The normalized spacial score (nSPS) is 32.8. The highest BCUT2D eigenvalue weighted by molar-refractivity contribution is 5.95. The van der Waals surface area contributed by atoms with Gasteiger partial charge in [-0.1, -0.05) is 6.08 Å². The molecule has 2 aliphatic heterocycles. The first kappa shape index (κ1) is 6.07. The van der Waals surface area contributed by atoms with Gasteiger partial charge in [-0.25, -0.2) is 0 Å². The molecule has 10 heavy (non-hydrogen) atoms. The molecule has 0 bridgehead atoms. The van der Waals surface area contributed by atoms with Gasteiger partial charge in [0.1, 0.15) is 0 Å². The third kappa shape index (κ3) is 0.786. The second-order valence-electron chi connectivity index (χ2n) is 2.70. The SMILES string of the molecule is O=C1C=CCN2CNCC12. The number of hydrogen-bond acceptors (Lipinski definition) is 3. The highest BCUT2D eigenvalue weighted by Crippen LogP contribution is 2.09. The predicted molar refractivity (Wildman–Crippen MR) is 37.5 cm³/mol. The van der Waals surface area contributed by atoms with E-state index in [9.17, 15) is 4.79 Å². The van der Waals surface area contributed by atoms with E-state index in [-0.39, 0.29) is 11.8 Å². The molecule has 0 amide bonds. The van der Waals surface area contributed by atoms with Crippen molar-refractivity contribution in [2.45, 2.75) is 6.04 Å². The number of fused-ring (bicyclic) bond motifs is 1. The fraction of sp³-hybridized carbons (Fsp3) is 0.571. The summed E-state index contributed by atoms with van der Waals surface area (Å²) in [4.78, 5) is 13.2. The molecular formula is C7H10N2O. The van der Waals surface area contributed by atoms with E-state index in [0.717, 1.165) is 19.8 Å². The molecule has 0 aromatic carbocycles. The van der Waals surface area contributed by atoms with E-state index in [1.807, 2.05) is 6.08 Å². The van der Waals surface area contributed by atoms with Gasteiger partial charge >= 0.3 is 0 Å². The zero-order valence-corrected chi connectivity index (χ0v) is 5.71. The summed E-state index contributed by atoms with van der Waals surface area (Å²) in [5.41, 5.74) is 0. The molecule has 1 unspecified atom stereocenters. The summed E-state index contributed by atoms with van der Waals surface area (Å²) in [5, 5.41) is 3.16. The van der Waals surface area contributed by atoms with Crippen LogP contribution in [0.3, 0.4) is 0 Å². The number of hydrogen-bond donors (Lipinski definition) is 1. The van der Waals surface area contributed by atoms with Crippen molar-refractivity contribution in [1.82, 2.24) is 10.2 Å². The predicted octanol–water partition coefficient (Wildman–Crippen LogP) is -0.643. The lowest BCUT2D eigenvalue weighted by molar-refractivity contribution is -0.118. The Morgan fingerprint density at radius 2 is 2.60 bits per heavy atom. The molecule has 0 aliphatic carbocycles. The highest BCUT2D eigenvalue weighted by atomic mass is 16.1. The number of nitrogens with one attached hydrogen (secondary N) is 1. The maximum atomic E-state index is 11.1. The highest BCUT2D eigenvalue weighted by Gasteiger charge is 2.29. The quantitative estimate of drug-likeness (QED) is 0.483. The van der Waals surface area contributed by atoms with Gasteiger partial charge in [-0.2, -0.15) is 0 Å². The van der Waals surface area contributed by atoms with Crippen molar-refractivity contribution in [3.8, 4) is 0 Å². The molecule has 0 spiro atoms. The molecule has 54 valence electrons. The van der Waals surface area contributed by atoms with Crippen molar-refractivity contribution in [3.05, 3.63) is 12.2 Å². The summed E-state index contributed by atoms with van der Waals surface area (Å²) in [6.07, 6.45) is 3.61. The third-order valence-electron chi connectivity index (χ3n) is 2.04. The molecule has 1 saturated heterocycles. The van der Waals surface area contributed by atoms with Crippen LogP contribution in [0.2, 0.25) is 0 Å². The Labute approximate surface area is 59.7 Å². The minimum Gasteiger partial charge on any atom is -0.302 e. The number of carbonyl (C=O) groups is 1. The van der Waals surface area contributed by atoms with Crippen molar-refractivity contribution in [2.75, 3.05) is 19.8 Å². The van der Waals surface area contributed by atoms with Gasteiger partial charge in [-0.05, 0) is 6.08 Å². The molecule has 3 heteroatoms. The Hall–Kier alpha value is -0.670. The Bertz CT molecular complexity index is 188. The number of ketones is 1. The van der Waals surface area contributed by atoms with E-state index in [2.05, 4.69) is 10.2 Å². The largest absolute Gasteiger partial charge is 0.302 e. The summed E-state index contributed by atoms with van der Waals surface area (Å²) in [6.45, 7) is 2.60. The lowest BCUT2D eigenvalue weighted by atomic mass is 10.1. The second-order valence-corrected chi connectivity index (χ2v) is 2.70. The maximum Gasteiger partial charge on any atom is 0.173 e. The summed E-state index contributed by atoms with van der Waals surface area (Å²) in [7, 11) is 0. The Morgan fingerprint density at radius 1 is 1.70 bits per heavy atom. The zero-order chi connectivity index (χ0) is 6.97. The van der Waals surface area contributed by atoms with E-state index in [1.165, 1.54) is 0 Å². The summed E-state index contributed by atoms with van der Waals surface area (Å²) < 4.78 is 0. The molecule has 2 heterocycles. The Balaban J connectivity index is 2.20. The second kappa shape index (κ2) is 2.18. The van der Waals surface area contributed by atoms with Crippen LogP contribution in [0.25, 0.3) is 0 Å². The van der Waals surface area contributed by atoms with Crippen molar-refractivity contribution in [2.24, 2.45) is 0 Å². The molecule has 1 atom stereocenters. The molecule has 0 saturated carbocycles. The number of carbonyl (C=O) groups excluding carboxylic acids is 1. The molecule has 0 aromatic rings. The fourth-order valence-corrected chi connectivity index (χ4v) is 1.47. The van der Waals surface area contributed by atoms with Gasteiger partial charge in [0.15, 0.2) is 5.78 Å². The molecule has 1 fully saturated rings. The molecule has 2 rings (SSSR count). The van der Waals surface area contributed by atoms with Crippen LogP contribution < -0.4 is 5.32 Å². The summed E-state index contributed by atoms with van der Waals surface area (Å²) >= 11 is 0. The van der Waals surface area contributed by atoms with E-state index in [4.69, 9.17) is 0 Å². The van der Waals surface area contributed by atoms with Gasteiger partial charge in [0, 0.05) is 19.8 Å². The molecule has 0 aromatic heterocycles. The third-order valence-corrected chi connectivity index (χ3v) is 2.04.